The molecular formula is C39H43N3O5S. The molecule has 4 aromatic rings. The Morgan fingerprint density at radius 2 is 1.50 bits per heavy atom. The summed E-state index contributed by atoms with van der Waals surface area (Å²) in [5.74, 6) is 1.15. The van der Waals surface area contributed by atoms with Gasteiger partial charge < -0.3 is 14.4 Å². The van der Waals surface area contributed by atoms with Gasteiger partial charge in [-0.15, -0.1) is 0 Å². The van der Waals surface area contributed by atoms with Gasteiger partial charge in [-0.25, -0.2) is 8.42 Å². The van der Waals surface area contributed by atoms with Crippen molar-refractivity contribution < 1.29 is 22.7 Å². The van der Waals surface area contributed by atoms with E-state index in [1.54, 1.807) is 24.3 Å². The maximum atomic E-state index is 13.6. The number of hydrogen-bond acceptors (Lipinski definition) is 7. The first-order valence-corrected chi connectivity index (χ1v) is 18.4. The smallest absolute Gasteiger partial charge is 0.254 e. The number of carbonyl (C=O) groups excluding carboxylic acids is 1. The summed E-state index contributed by atoms with van der Waals surface area (Å²) in [7, 11) is -3.68. The number of nitrogens with zero attached hydrogens (tertiary/aromatic N) is 3. The Bertz CT molecular complexity index is 1860. The Labute approximate surface area is 283 Å². The van der Waals surface area contributed by atoms with Crippen LogP contribution < -0.4 is 9.47 Å². The summed E-state index contributed by atoms with van der Waals surface area (Å²) in [4.78, 5) is 21.3. The number of amides is 1. The van der Waals surface area contributed by atoms with Gasteiger partial charge in [0.1, 0.15) is 0 Å². The fraction of sp³-hybridized carbons (Fsp3) is 0.359. The quantitative estimate of drug-likeness (QED) is 0.222. The molecular weight excluding hydrogens is 623 g/mol. The van der Waals surface area contributed by atoms with Crippen LogP contribution in [0.4, 0.5) is 0 Å². The first kappa shape index (κ1) is 32.4. The van der Waals surface area contributed by atoms with Gasteiger partial charge in [0.2, 0.25) is 16.6 Å². The molecule has 8 nitrogen and oxygen atoms in total. The average molecular weight is 666 g/mol. The Kier molecular flexibility index (Phi) is 9.27. The Balaban J connectivity index is 0.934. The van der Waals surface area contributed by atoms with Crippen LogP contribution in [-0.4, -0.2) is 80.6 Å². The zero-order valence-corrected chi connectivity index (χ0v) is 28.4. The van der Waals surface area contributed by atoms with Crippen LogP contribution in [0.3, 0.4) is 0 Å². The number of likely N-dealkylation sites (tertiary alicyclic amines) is 1. The van der Waals surface area contributed by atoms with Gasteiger partial charge in [0.05, 0.1) is 9.79 Å². The van der Waals surface area contributed by atoms with E-state index in [-0.39, 0.29) is 28.5 Å². The summed E-state index contributed by atoms with van der Waals surface area (Å²) < 4.78 is 37.4. The molecule has 250 valence electrons. The summed E-state index contributed by atoms with van der Waals surface area (Å²) in [6.07, 6.45) is 2.71. The molecule has 48 heavy (non-hydrogen) atoms. The molecule has 3 aliphatic heterocycles. The molecule has 3 heterocycles. The predicted molar refractivity (Wildman–Crippen MR) is 185 cm³/mol. The van der Waals surface area contributed by atoms with Gasteiger partial charge >= 0.3 is 0 Å². The molecule has 0 spiro atoms. The van der Waals surface area contributed by atoms with Crippen molar-refractivity contribution in [2.45, 2.75) is 61.0 Å². The highest BCUT2D eigenvalue weighted by Gasteiger charge is 2.34. The highest BCUT2D eigenvalue weighted by Crippen LogP contribution is 2.36. The standard InChI is InChI=1S/C39H43N3O5S/c1-28-26-41(33-18-20-40(21-19-33)39(43)36-11-7-6-10-32(36)24-30-8-4-3-5-9-30)22-23-42(28)29(2)31-12-14-34(15-13-31)48(44,45)35-16-17-37-38(25-35)47-27-46-37/h3-17,25,28-29,33H,18-24,26-27H2,1-2H3/t28-,29+/m1/s1. The molecule has 2 saturated heterocycles. The van der Waals surface area contributed by atoms with Crippen molar-refractivity contribution in [3.05, 3.63) is 119 Å². The summed E-state index contributed by atoms with van der Waals surface area (Å²) in [5.41, 5.74) is 4.20. The second-order valence-corrected chi connectivity index (χ2v) is 15.1. The predicted octanol–water partition coefficient (Wildman–Crippen LogP) is 6.21. The number of hydrogen-bond donors (Lipinski definition) is 0. The first-order valence-electron chi connectivity index (χ1n) is 16.9. The van der Waals surface area contributed by atoms with Crippen molar-refractivity contribution in [2.24, 2.45) is 0 Å². The number of piperidine rings is 1. The van der Waals surface area contributed by atoms with Crippen molar-refractivity contribution in [3.63, 3.8) is 0 Å². The van der Waals surface area contributed by atoms with Crippen molar-refractivity contribution in [1.82, 2.24) is 14.7 Å². The largest absolute Gasteiger partial charge is 0.454 e. The molecule has 3 aliphatic rings. The zero-order valence-electron chi connectivity index (χ0n) is 27.6. The van der Waals surface area contributed by atoms with E-state index in [9.17, 15) is 13.2 Å². The second-order valence-electron chi connectivity index (χ2n) is 13.2. The van der Waals surface area contributed by atoms with E-state index >= 15 is 0 Å². The number of fused-ring (bicyclic) bond motifs is 1. The number of carbonyl (C=O) groups is 1. The summed E-state index contributed by atoms with van der Waals surface area (Å²) in [6, 6.07) is 31.4. The molecule has 4 aromatic carbocycles. The second kappa shape index (κ2) is 13.7. The van der Waals surface area contributed by atoms with E-state index < -0.39 is 9.84 Å². The molecule has 0 radical (unpaired) electrons. The lowest BCUT2D eigenvalue weighted by Crippen LogP contribution is -2.57. The maximum absolute atomic E-state index is 13.6. The fourth-order valence-electron chi connectivity index (χ4n) is 7.51. The number of benzene rings is 4. The maximum Gasteiger partial charge on any atom is 0.254 e. The number of ether oxygens (including phenoxy) is 2. The molecule has 2 atom stereocenters. The van der Waals surface area contributed by atoms with E-state index in [0.717, 1.165) is 68.7 Å². The van der Waals surface area contributed by atoms with Crippen LogP contribution in [0.1, 0.15) is 59.8 Å². The first-order chi connectivity index (χ1) is 23.3. The lowest BCUT2D eigenvalue weighted by atomic mass is 9.96. The van der Waals surface area contributed by atoms with Crippen LogP contribution >= 0.6 is 0 Å². The molecule has 0 aliphatic carbocycles. The number of piperazine rings is 1. The monoisotopic (exact) mass is 665 g/mol. The van der Waals surface area contributed by atoms with E-state index in [2.05, 4.69) is 41.8 Å². The third-order valence-corrected chi connectivity index (χ3v) is 12.1. The summed E-state index contributed by atoms with van der Waals surface area (Å²) >= 11 is 0. The van der Waals surface area contributed by atoms with Crippen LogP contribution in [0.2, 0.25) is 0 Å². The highest BCUT2D eigenvalue weighted by molar-refractivity contribution is 7.91. The van der Waals surface area contributed by atoms with Gasteiger partial charge in [0.25, 0.3) is 5.91 Å². The summed E-state index contributed by atoms with van der Waals surface area (Å²) in [5, 5.41) is 0. The molecule has 0 aromatic heterocycles. The van der Waals surface area contributed by atoms with Crippen LogP contribution in [0.15, 0.2) is 107 Å². The average Bonchev–Trinajstić information content (AvgIpc) is 3.60. The molecule has 2 fully saturated rings. The minimum Gasteiger partial charge on any atom is -0.454 e. The molecule has 0 unspecified atom stereocenters. The molecule has 9 heteroatoms. The van der Waals surface area contributed by atoms with Gasteiger partial charge in [-0.1, -0.05) is 60.7 Å². The Morgan fingerprint density at radius 3 is 2.25 bits per heavy atom. The topological polar surface area (TPSA) is 79.4 Å². The van der Waals surface area contributed by atoms with E-state index in [1.807, 2.05) is 53.4 Å². The lowest BCUT2D eigenvalue weighted by Gasteiger charge is -2.47. The Morgan fingerprint density at radius 1 is 0.812 bits per heavy atom. The molecule has 0 saturated carbocycles. The van der Waals surface area contributed by atoms with Crippen molar-refractivity contribution in [1.29, 1.82) is 0 Å². The van der Waals surface area contributed by atoms with Gasteiger partial charge in [-0.2, -0.15) is 0 Å². The minimum atomic E-state index is -3.68. The van der Waals surface area contributed by atoms with Crippen LogP contribution in [-0.2, 0) is 16.3 Å². The van der Waals surface area contributed by atoms with Crippen LogP contribution in [0, 0.1) is 0 Å². The van der Waals surface area contributed by atoms with Crippen molar-refractivity contribution >= 4 is 15.7 Å². The molecule has 7 rings (SSSR count). The van der Waals surface area contributed by atoms with Gasteiger partial charge in [0, 0.05) is 62.5 Å². The Hall–Kier alpha value is -4.18. The van der Waals surface area contributed by atoms with E-state index in [0.29, 0.717) is 23.6 Å². The molecule has 1 amide bonds. The van der Waals surface area contributed by atoms with Crippen molar-refractivity contribution in [2.75, 3.05) is 39.5 Å². The third-order valence-electron chi connectivity index (χ3n) is 10.3. The lowest BCUT2D eigenvalue weighted by molar-refractivity contribution is 0.0135. The van der Waals surface area contributed by atoms with E-state index in [4.69, 9.17) is 9.47 Å². The normalized spacial score (nSPS) is 19.7. The van der Waals surface area contributed by atoms with Gasteiger partial charge in [-0.3, -0.25) is 14.6 Å². The zero-order chi connectivity index (χ0) is 33.3. The fourth-order valence-corrected chi connectivity index (χ4v) is 8.78. The highest BCUT2D eigenvalue weighted by atomic mass is 32.2. The molecule has 0 bridgehead atoms. The van der Waals surface area contributed by atoms with Crippen LogP contribution in [0.5, 0.6) is 11.5 Å². The van der Waals surface area contributed by atoms with Crippen molar-refractivity contribution in [3.8, 4) is 11.5 Å². The third kappa shape index (κ3) is 6.59. The summed E-state index contributed by atoms with van der Waals surface area (Å²) in [6.45, 7) is 9.01. The number of sulfone groups is 1. The minimum absolute atomic E-state index is 0.101. The van der Waals surface area contributed by atoms with Gasteiger partial charge in [0.15, 0.2) is 11.5 Å². The van der Waals surface area contributed by atoms with Crippen LogP contribution in [0.25, 0.3) is 0 Å². The molecule has 0 N–H and O–H groups in total. The SMILES string of the molecule is C[C@@H]1CN(C2CCN(C(=O)c3ccccc3Cc3ccccc3)CC2)CCN1[C@@H](C)c1ccc(S(=O)(=O)c2ccc3c(c2)OCO3)cc1. The van der Waals surface area contributed by atoms with E-state index in [1.165, 1.54) is 11.6 Å². The van der Waals surface area contributed by atoms with Gasteiger partial charge in [-0.05, 0) is 80.1 Å². The number of rotatable bonds is 8.